The highest BCUT2D eigenvalue weighted by atomic mass is 16.5. The van der Waals surface area contributed by atoms with Crippen molar-refractivity contribution in [3.63, 3.8) is 0 Å². The minimum Gasteiger partial charge on any atom is -0.497 e. The molecule has 0 aromatic heterocycles. The van der Waals surface area contributed by atoms with Gasteiger partial charge in [-0.15, -0.1) is 0 Å². The van der Waals surface area contributed by atoms with Crippen molar-refractivity contribution in [2.24, 2.45) is 0 Å². The number of hydrogen-bond donors (Lipinski definition) is 0. The number of rotatable bonds is 6. The second-order valence-electron chi connectivity index (χ2n) is 7.98. The summed E-state index contributed by atoms with van der Waals surface area (Å²) in [5.41, 5.74) is 5.01. The van der Waals surface area contributed by atoms with Gasteiger partial charge in [-0.1, -0.05) is 60.7 Å². The van der Waals surface area contributed by atoms with Gasteiger partial charge in [0.05, 0.1) is 12.7 Å². The normalized spacial score (nSPS) is 15.5. The number of ether oxygens (including phenoxy) is 1. The lowest BCUT2D eigenvalue weighted by atomic mass is 10.0. The van der Waals surface area contributed by atoms with Crippen molar-refractivity contribution in [2.75, 3.05) is 25.1 Å². The number of hydrogen-bond acceptors (Lipinski definition) is 4. The number of methoxy groups -OCH3 is 1. The van der Waals surface area contributed by atoms with Crippen LogP contribution in [0.25, 0.3) is 5.57 Å². The first-order valence-corrected chi connectivity index (χ1v) is 10.8. The fraction of sp³-hybridized carbons (Fsp3) is 0.185. The smallest absolute Gasteiger partial charge is 0.278 e. The molecule has 0 aliphatic carbocycles. The van der Waals surface area contributed by atoms with E-state index in [1.165, 1.54) is 10.5 Å². The second kappa shape index (κ2) is 8.35. The zero-order valence-corrected chi connectivity index (χ0v) is 18.0. The average molecular weight is 425 g/mol. The summed E-state index contributed by atoms with van der Waals surface area (Å²) in [6.07, 6.45) is 1.45. The van der Waals surface area contributed by atoms with E-state index < -0.39 is 0 Å². The third kappa shape index (κ3) is 3.46. The van der Waals surface area contributed by atoms with Gasteiger partial charge in [-0.05, 0) is 47.7 Å². The summed E-state index contributed by atoms with van der Waals surface area (Å²) in [7, 11) is 1.63. The van der Waals surface area contributed by atoms with Crippen molar-refractivity contribution in [3.05, 3.63) is 101 Å². The average Bonchev–Trinajstić information content (AvgIpc) is 3.36. The molecule has 32 heavy (non-hydrogen) atoms. The molecule has 2 aliphatic heterocycles. The molecule has 160 valence electrons. The summed E-state index contributed by atoms with van der Waals surface area (Å²) < 4.78 is 5.21. The number of nitrogens with zero attached hydrogens (tertiary/aromatic N) is 2. The highest BCUT2D eigenvalue weighted by Gasteiger charge is 2.42. The van der Waals surface area contributed by atoms with E-state index in [0.29, 0.717) is 30.8 Å². The highest BCUT2D eigenvalue weighted by molar-refractivity contribution is 6.36. The molecule has 2 heterocycles. The maximum Gasteiger partial charge on any atom is 0.278 e. The molecule has 3 aromatic rings. The molecule has 5 rings (SSSR count). The maximum atomic E-state index is 13.6. The molecular weight excluding hydrogens is 400 g/mol. The van der Waals surface area contributed by atoms with E-state index in [4.69, 9.17) is 4.74 Å². The minimum absolute atomic E-state index is 0.223. The van der Waals surface area contributed by atoms with Gasteiger partial charge < -0.3 is 9.64 Å². The zero-order chi connectivity index (χ0) is 22.1. The molecule has 0 unspecified atom stereocenters. The Hall–Kier alpha value is -3.86. The van der Waals surface area contributed by atoms with Crippen LogP contribution in [-0.2, 0) is 22.4 Å². The number of para-hydroxylation sites is 1. The third-order valence-corrected chi connectivity index (χ3v) is 6.15. The van der Waals surface area contributed by atoms with E-state index in [0.717, 1.165) is 29.0 Å². The molecule has 2 aliphatic rings. The Morgan fingerprint density at radius 3 is 2.31 bits per heavy atom. The van der Waals surface area contributed by atoms with Gasteiger partial charge in [0.15, 0.2) is 0 Å². The molecule has 0 saturated carbocycles. The monoisotopic (exact) mass is 424 g/mol. The first kappa shape index (κ1) is 20.1. The molecule has 0 spiro atoms. The lowest BCUT2D eigenvalue weighted by molar-refractivity contribution is -0.136. The molecule has 0 saturated heterocycles. The van der Waals surface area contributed by atoms with Crippen molar-refractivity contribution < 1.29 is 14.3 Å². The van der Waals surface area contributed by atoms with Gasteiger partial charge in [0, 0.05) is 18.8 Å². The molecule has 0 N–H and O–H groups in total. The lowest BCUT2D eigenvalue weighted by Crippen LogP contribution is -2.36. The largest absolute Gasteiger partial charge is 0.497 e. The summed E-state index contributed by atoms with van der Waals surface area (Å²) in [5, 5.41) is 0. The van der Waals surface area contributed by atoms with Gasteiger partial charge in [0.1, 0.15) is 11.4 Å². The van der Waals surface area contributed by atoms with Crippen LogP contribution in [0.4, 0.5) is 5.69 Å². The van der Waals surface area contributed by atoms with Crippen molar-refractivity contribution >= 4 is 23.1 Å². The van der Waals surface area contributed by atoms with Crippen LogP contribution in [-0.4, -0.2) is 36.9 Å². The molecule has 5 nitrogen and oxygen atoms in total. The SMILES string of the molecule is COc1ccc(CCN2C(=O)C(c3ccccc3)=C(N3CCc4ccccc43)C2=O)cc1. The predicted octanol–water partition coefficient (Wildman–Crippen LogP) is 4.08. The van der Waals surface area contributed by atoms with Crippen LogP contribution in [0.3, 0.4) is 0 Å². The lowest BCUT2D eigenvalue weighted by Gasteiger charge is -2.22. The molecule has 0 radical (unpaired) electrons. The van der Waals surface area contributed by atoms with Crippen molar-refractivity contribution in [3.8, 4) is 5.75 Å². The highest BCUT2D eigenvalue weighted by Crippen LogP contribution is 2.38. The first-order chi connectivity index (χ1) is 15.7. The third-order valence-electron chi connectivity index (χ3n) is 6.15. The van der Waals surface area contributed by atoms with Crippen LogP contribution in [0.15, 0.2) is 84.6 Å². The van der Waals surface area contributed by atoms with Crippen LogP contribution in [0, 0.1) is 0 Å². The van der Waals surface area contributed by atoms with Crippen molar-refractivity contribution in [2.45, 2.75) is 12.8 Å². The Bertz CT molecular complexity index is 1200. The van der Waals surface area contributed by atoms with Crippen LogP contribution >= 0.6 is 0 Å². The van der Waals surface area contributed by atoms with Gasteiger partial charge in [-0.2, -0.15) is 0 Å². The van der Waals surface area contributed by atoms with Gasteiger partial charge >= 0.3 is 0 Å². The number of carbonyl (C=O) groups excluding carboxylic acids is 2. The summed E-state index contributed by atoms with van der Waals surface area (Å²) in [6.45, 7) is 1.02. The van der Waals surface area contributed by atoms with Gasteiger partial charge in [-0.3, -0.25) is 14.5 Å². The molecule has 0 fully saturated rings. The molecule has 3 aromatic carbocycles. The quantitative estimate of drug-likeness (QED) is 0.560. The van der Waals surface area contributed by atoms with E-state index in [2.05, 4.69) is 6.07 Å². The van der Waals surface area contributed by atoms with Crippen LogP contribution in [0.1, 0.15) is 16.7 Å². The van der Waals surface area contributed by atoms with E-state index >= 15 is 0 Å². The number of fused-ring (bicyclic) bond motifs is 1. The number of amides is 2. The summed E-state index contributed by atoms with van der Waals surface area (Å²) in [5.74, 6) is 0.332. The number of anilines is 1. The second-order valence-corrected chi connectivity index (χ2v) is 7.98. The fourth-order valence-electron chi connectivity index (χ4n) is 4.49. The van der Waals surface area contributed by atoms with E-state index in [1.807, 2.05) is 77.7 Å². The van der Waals surface area contributed by atoms with Gasteiger partial charge in [0.2, 0.25) is 0 Å². The number of benzene rings is 3. The zero-order valence-electron chi connectivity index (χ0n) is 18.0. The number of imide groups is 1. The summed E-state index contributed by atoms with van der Waals surface area (Å²) in [4.78, 5) is 30.5. The fourth-order valence-corrected chi connectivity index (χ4v) is 4.49. The molecule has 5 heteroatoms. The van der Waals surface area contributed by atoms with E-state index in [9.17, 15) is 9.59 Å². The molecule has 0 atom stereocenters. The van der Waals surface area contributed by atoms with E-state index in [1.54, 1.807) is 7.11 Å². The standard InChI is InChI=1S/C27H24N2O3/c1-32-22-13-11-19(12-14-22)15-17-29-26(30)24(21-8-3-2-4-9-21)25(27(29)31)28-18-16-20-7-5-6-10-23(20)28/h2-14H,15-18H2,1H3. The van der Waals surface area contributed by atoms with Crippen LogP contribution in [0.2, 0.25) is 0 Å². The van der Waals surface area contributed by atoms with Crippen molar-refractivity contribution in [1.29, 1.82) is 0 Å². The molecule has 2 amide bonds. The maximum absolute atomic E-state index is 13.6. The molecule has 0 bridgehead atoms. The minimum atomic E-state index is -0.228. The van der Waals surface area contributed by atoms with Crippen LogP contribution < -0.4 is 9.64 Å². The topological polar surface area (TPSA) is 49.9 Å². The Kier molecular flexibility index (Phi) is 5.23. The van der Waals surface area contributed by atoms with E-state index in [-0.39, 0.29) is 11.8 Å². The van der Waals surface area contributed by atoms with Crippen molar-refractivity contribution in [1.82, 2.24) is 4.90 Å². The Morgan fingerprint density at radius 2 is 1.56 bits per heavy atom. The first-order valence-electron chi connectivity index (χ1n) is 10.8. The van der Waals surface area contributed by atoms with Gasteiger partial charge in [-0.25, -0.2) is 0 Å². The molecular formula is C27H24N2O3. The Morgan fingerprint density at radius 1 is 0.844 bits per heavy atom. The van der Waals surface area contributed by atoms with Crippen LogP contribution in [0.5, 0.6) is 5.75 Å². The van der Waals surface area contributed by atoms with Gasteiger partial charge in [0.25, 0.3) is 11.8 Å². The predicted molar refractivity (Wildman–Crippen MR) is 124 cm³/mol. The summed E-state index contributed by atoms with van der Waals surface area (Å²) in [6, 6.07) is 25.3. The Labute approximate surface area is 187 Å². The Balaban J connectivity index is 1.48. The summed E-state index contributed by atoms with van der Waals surface area (Å²) >= 11 is 0. The number of carbonyl (C=O) groups is 2.